The molecule has 1 atom stereocenters. The first-order valence-corrected chi connectivity index (χ1v) is 12.1. The average molecular weight is 484 g/mol. The number of rotatable bonds is 5. The Hall–Kier alpha value is -4.04. The van der Waals surface area contributed by atoms with Crippen LogP contribution in [-0.2, 0) is 4.74 Å². The predicted octanol–water partition coefficient (Wildman–Crippen LogP) is 3.73. The fraction of sp³-hybridized carbons (Fsp3) is 0.286. The number of pyridine rings is 1. The summed E-state index contributed by atoms with van der Waals surface area (Å²) in [5.74, 6) is 0.321. The Morgan fingerprint density at radius 3 is 2.58 bits per heavy atom. The number of nitrogens with one attached hydrogen (secondary N) is 1. The first kappa shape index (κ1) is 23.7. The van der Waals surface area contributed by atoms with Crippen LogP contribution in [0, 0.1) is 13.8 Å². The monoisotopic (exact) mass is 483 g/mol. The lowest BCUT2D eigenvalue weighted by molar-refractivity contribution is 0.0940. The predicted molar refractivity (Wildman–Crippen MR) is 140 cm³/mol. The van der Waals surface area contributed by atoms with Crippen LogP contribution in [0.5, 0.6) is 0 Å². The van der Waals surface area contributed by atoms with Crippen molar-refractivity contribution < 1.29 is 9.53 Å². The number of morpholine rings is 1. The second-order valence-electron chi connectivity index (χ2n) is 9.13. The number of carbonyl (C=O) groups is 1. The number of aromatic nitrogens is 3. The van der Waals surface area contributed by atoms with Crippen LogP contribution >= 0.6 is 0 Å². The maximum atomic E-state index is 13.8. The summed E-state index contributed by atoms with van der Waals surface area (Å²) < 4.78 is 7.20. The molecule has 1 N–H and O–H groups in total. The highest BCUT2D eigenvalue weighted by Gasteiger charge is 2.22. The van der Waals surface area contributed by atoms with Crippen molar-refractivity contribution in [3.8, 4) is 5.69 Å². The van der Waals surface area contributed by atoms with Gasteiger partial charge in [0.15, 0.2) is 0 Å². The second-order valence-corrected chi connectivity index (χ2v) is 9.13. The third kappa shape index (κ3) is 4.59. The Bertz CT molecular complexity index is 1480. The van der Waals surface area contributed by atoms with Gasteiger partial charge in [-0.15, -0.1) is 0 Å². The minimum absolute atomic E-state index is 0.166. The molecule has 1 amide bonds. The normalized spacial score (nSPS) is 14.6. The van der Waals surface area contributed by atoms with Gasteiger partial charge >= 0.3 is 0 Å². The molecule has 1 aliphatic rings. The Kier molecular flexibility index (Phi) is 6.52. The lowest BCUT2D eigenvalue weighted by Gasteiger charge is -2.30. The Labute approximate surface area is 209 Å². The molecule has 5 rings (SSSR count). The molecule has 0 saturated carbocycles. The summed E-state index contributed by atoms with van der Waals surface area (Å²) >= 11 is 0. The van der Waals surface area contributed by atoms with E-state index in [4.69, 9.17) is 9.72 Å². The third-order valence-corrected chi connectivity index (χ3v) is 6.69. The average Bonchev–Trinajstić information content (AvgIpc) is 2.91. The van der Waals surface area contributed by atoms with Crippen molar-refractivity contribution in [1.82, 2.24) is 19.9 Å². The highest BCUT2D eigenvalue weighted by atomic mass is 16.5. The van der Waals surface area contributed by atoms with Crippen LogP contribution in [0.1, 0.15) is 40.0 Å². The molecule has 0 aliphatic carbocycles. The fourth-order valence-electron chi connectivity index (χ4n) is 4.38. The minimum Gasteiger partial charge on any atom is -0.378 e. The van der Waals surface area contributed by atoms with Crippen molar-refractivity contribution >= 4 is 22.8 Å². The second kappa shape index (κ2) is 9.91. The molecule has 0 bridgehead atoms. The van der Waals surface area contributed by atoms with Crippen molar-refractivity contribution in [2.24, 2.45) is 0 Å². The van der Waals surface area contributed by atoms with E-state index in [1.54, 1.807) is 35.2 Å². The van der Waals surface area contributed by atoms with E-state index in [9.17, 15) is 9.59 Å². The van der Waals surface area contributed by atoms with Gasteiger partial charge in [0.1, 0.15) is 0 Å². The van der Waals surface area contributed by atoms with Gasteiger partial charge in [-0.2, -0.15) is 0 Å². The van der Waals surface area contributed by atoms with Crippen molar-refractivity contribution in [2.75, 3.05) is 31.2 Å². The van der Waals surface area contributed by atoms with Gasteiger partial charge in [0.05, 0.1) is 35.8 Å². The van der Waals surface area contributed by atoms with Crippen LogP contribution in [0.15, 0.2) is 65.7 Å². The molecule has 0 unspecified atom stereocenters. The fourth-order valence-corrected chi connectivity index (χ4v) is 4.38. The molecule has 1 aliphatic heterocycles. The summed E-state index contributed by atoms with van der Waals surface area (Å²) in [5.41, 5.74) is 4.71. The maximum absolute atomic E-state index is 13.8. The summed E-state index contributed by atoms with van der Waals surface area (Å²) in [6.07, 6.45) is 3.43. The van der Waals surface area contributed by atoms with Crippen LogP contribution in [-0.4, -0.2) is 46.7 Å². The van der Waals surface area contributed by atoms with Crippen molar-refractivity contribution in [3.63, 3.8) is 0 Å². The number of benzene rings is 2. The van der Waals surface area contributed by atoms with Crippen molar-refractivity contribution in [1.29, 1.82) is 0 Å². The molecule has 0 radical (unpaired) electrons. The molecule has 1 fully saturated rings. The smallest absolute Gasteiger partial charge is 0.267 e. The molecule has 8 heteroatoms. The van der Waals surface area contributed by atoms with Gasteiger partial charge < -0.3 is 15.0 Å². The van der Waals surface area contributed by atoms with E-state index in [1.807, 2.05) is 51.1 Å². The standard InChI is InChI=1S/C28H29N5O3/c1-18-6-8-23(15-19(18)2)33-27(35)24-9-7-21(26(34)30-20(3)22-5-4-10-29-17-22)16-25(24)31-28(33)32-11-13-36-14-12-32/h4-10,15-17,20H,11-14H2,1-3H3,(H,30,34)/t20-/m0/s1. The molecule has 1 saturated heterocycles. The van der Waals surface area contributed by atoms with E-state index in [-0.39, 0.29) is 17.5 Å². The Morgan fingerprint density at radius 2 is 1.86 bits per heavy atom. The Morgan fingerprint density at radius 1 is 1.06 bits per heavy atom. The number of amides is 1. The number of carbonyl (C=O) groups excluding carboxylic acids is 1. The highest BCUT2D eigenvalue weighted by molar-refractivity contribution is 5.98. The molecular weight excluding hydrogens is 454 g/mol. The lowest BCUT2D eigenvalue weighted by atomic mass is 10.1. The molecule has 2 aromatic heterocycles. The van der Waals surface area contributed by atoms with E-state index in [0.29, 0.717) is 48.7 Å². The number of aryl methyl sites for hydroxylation is 2. The number of ether oxygens (including phenoxy) is 1. The zero-order chi connectivity index (χ0) is 25.2. The molecule has 36 heavy (non-hydrogen) atoms. The highest BCUT2D eigenvalue weighted by Crippen LogP contribution is 2.23. The molecule has 0 spiro atoms. The van der Waals surface area contributed by atoms with E-state index in [0.717, 1.165) is 22.4 Å². The SMILES string of the molecule is Cc1ccc(-n2c(N3CCOCC3)nc3cc(C(=O)N[C@@H](C)c4cccnc4)ccc3c2=O)cc1C. The zero-order valence-corrected chi connectivity index (χ0v) is 20.7. The van der Waals surface area contributed by atoms with E-state index in [2.05, 4.69) is 15.2 Å². The van der Waals surface area contributed by atoms with Gasteiger partial charge in [-0.1, -0.05) is 12.1 Å². The Balaban J connectivity index is 1.58. The molecule has 2 aromatic carbocycles. The van der Waals surface area contributed by atoms with Gasteiger partial charge in [0, 0.05) is 31.0 Å². The number of fused-ring (bicyclic) bond motifs is 1. The number of hydrogen-bond acceptors (Lipinski definition) is 6. The van der Waals surface area contributed by atoms with Crippen molar-refractivity contribution in [2.45, 2.75) is 26.8 Å². The van der Waals surface area contributed by atoms with Gasteiger partial charge in [0.2, 0.25) is 5.95 Å². The van der Waals surface area contributed by atoms with Crippen LogP contribution in [0.4, 0.5) is 5.95 Å². The number of nitrogens with zero attached hydrogens (tertiary/aromatic N) is 4. The first-order valence-electron chi connectivity index (χ1n) is 12.1. The summed E-state index contributed by atoms with van der Waals surface area (Å²) in [4.78, 5) is 37.9. The van der Waals surface area contributed by atoms with Crippen molar-refractivity contribution in [3.05, 3.63) is 93.5 Å². The lowest BCUT2D eigenvalue weighted by Crippen LogP contribution is -2.40. The van der Waals surface area contributed by atoms with Crippen LogP contribution in [0.2, 0.25) is 0 Å². The van der Waals surface area contributed by atoms with E-state index < -0.39 is 0 Å². The van der Waals surface area contributed by atoms with Gasteiger partial charge in [0.25, 0.3) is 11.5 Å². The molecule has 8 nitrogen and oxygen atoms in total. The minimum atomic E-state index is -0.235. The summed E-state index contributed by atoms with van der Waals surface area (Å²) in [7, 11) is 0. The maximum Gasteiger partial charge on any atom is 0.267 e. The van der Waals surface area contributed by atoms with Gasteiger partial charge in [-0.05, 0) is 73.9 Å². The van der Waals surface area contributed by atoms with E-state index in [1.165, 1.54) is 0 Å². The third-order valence-electron chi connectivity index (χ3n) is 6.69. The van der Waals surface area contributed by atoms with E-state index >= 15 is 0 Å². The van der Waals surface area contributed by atoms with Gasteiger partial charge in [-0.3, -0.25) is 14.6 Å². The first-order chi connectivity index (χ1) is 17.4. The molecule has 3 heterocycles. The van der Waals surface area contributed by atoms with Crippen LogP contribution in [0.25, 0.3) is 16.6 Å². The summed E-state index contributed by atoms with van der Waals surface area (Å²) in [6, 6.07) is 14.6. The molecule has 4 aromatic rings. The number of hydrogen-bond donors (Lipinski definition) is 1. The zero-order valence-electron chi connectivity index (χ0n) is 20.7. The summed E-state index contributed by atoms with van der Waals surface area (Å²) in [6.45, 7) is 8.38. The van der Waals surface area contributed by atoms with Crippen LogP contribution in [0.3, 0.4) is 0 Å². The quantitative estimate of drug-likeness (QED) is 0.465. The van der Waals surface area contributed by atoms with Gasteiger partial charge in [-0.25, -0.2) is 9.55 Å². The summed E-state index contributed by atoms with van der Waals surface area (Å²) in [5, 5.41) is 3.46. The molecule has 184 valence electrons. The topological polar surface area (TPSA) is 89.3 Å². The largest absolute Gasteiger partial charge is 0.378 e. The number of anilines is 1. The van der Waals surface area contributed by atoms with Crippen LogP contribution < -0.4 is 15.8 Å². The molecular formula is C28H29N5O3.